The molecule has 0 aromatic carbocycles. The van der Waals surface area contributed by atoms with E-state index in [1.165, 1.54) is 4.90 Å². The Morgan fingerprint density at radius 2 is 1.72 bits per heavy atom. The van der Waals surface area contributed by atoms with Crippen LogP contribution in [0.2, 0.25) is 0 Å². The number of carbonyl (C=O) groups is 1. The molecule has 13 heteroatoms. The second-order valence-corrected chi connectivity index (χ2v) is 6.28. The van der Waals surface area contributed by atoms with Gasteiger partial charge in [0.2, 0.25) is 17.8 Å². The normalized spacial score (nSPS) is 17.8. The van der Waals surface area contributed by atoms with Crippen LogP contribution in [0.1, 0.15) is 12.1 Å². The molecule has 4 rings (SSSR count). The van der Waals surface area contributed by atoms with E-state index in [0.717, 1.165) is 6.20 Å². The Morgan fingerprint density at radius 3 is 2.45 bits per heavy atom. The third-order valence-electron chi connectivity index (χ3n) is 4.42. The van der Waals surface area contributed by atoms with Gasteiger partial charge in [0.15, 0.2) is 5.82 Å². The van der Waals surface area contributed by atoms with Crippen molar-refractivity contribution in [1.82, 2.24) is 24.9 Å². The van der Waals surface area contributed by atoms with Crippen LogP contribution in [0.5, 0.6) is 0 Å². The van der Waals surface area contributed by atoms with E-state index < -0.39 is 12.1 Å². The van der Waals surface area contributed by atoms with Crippen LogP contribution >= 0.6 is 0 Å². The third kappa shape index (κ3) is 4.05. The SMILES string of the molecule is Nc1ncc(-c2nc(N3CCOCC3)nc(N3CCOCC3=O)n2)c(C(F)F)n1. The van der Waals surface area contributed by atoms with Crippen LogP contribution in [0.3, 0.4) is 0 Å². The molecule has 29 heavy (non-hydrogen) atoms. The number of rotatable bonds is 4. The van der Waals surface area contributed by atoms with E-state index in [2.05, 4.69) is 24.9 Å². The Labute approximate surface area is 163 Å². The molecule has 11 nitrogen and oxygen atoms in total. The summed E-state index contributed by atoms with van der Waals surface area (Å²) in [5.41, 5.74) is 4.79. The minimum Gasteiger partial charge on any atom is -0.378 e. The van der Waals surface area contributed by atoms with Crippen molar-refractivity contribution >= 4 is 23.8 Å². The lowest BCUT2D eigenvalue weighted by Gasteiger charge is -2.29. The number of anilines is 3. The number of nitrogen functional groups attached to an aromatic ring is 1. The van der Waals surface area contributed by atoms with E-state index >= 15 is 0 Å². The highest BCUT2D eigenvalue weighted by Crippen LogP contribution is 2.29. The maximum Gasteiger partial charge on any atom is 0.281 e. The molecule has 1 amide bonds. The number of alkyl halides is 2. The van der Waals surface area contributed by atoms with Crippen LogP contribution in [0.15, 0.2) is 6.20 Å². The van der Waals surface area contributed by atoms with Crippen LogP contribution in [-0.2, 0) is 14.3 Å². The highest BCUT2D eigenvalue weighted by Gasteiger charge is 2.27. The second kappa shape index (κ2) is 8.13. The Bertz CT molecular complexity index is 910. The summed E-state index contributed by atoms with van der Waals surface area (Å²) in [4.78, 5) is 35.9. The molecule has 0 bridgehead atoms. The van der Waals surface area contributed by atoms with Gasteiger partial charge in [-0.2, -0.15) is 15.0 Å². The Morgan fingerprint density at radius 1 is 1.00 bits per heavy atom. The zero-order valence-electron chi connectivity index (χ0n) is 15.3. The molecule has 154 valence electrons. The minimum absolute atomic E-state index is 0.0573. The van der Waals surface area contributed by atoms with E-state index in [-0.39, 0.29) is 48.3 Å². The van der Waals surface area contributed by atoms with Gasteiger partial charge in [0, 0.05) is 19.3 Å². The summed E-state index contributed by atoms with van der Waals surface area (Å²) < 4.78 is 37.6. The maximum atomic E-state index is 13.5. The van der Waals surface area contributed by atoms with E-state index in [4.69, 9.17) is 15.2 Å². The van der Waals surface area contributed by atoms with Crippen molar-refractivity contribution in [3.05, 3.63) is 11.9 Å². The summed E-state index contributed by atoms with van der Waals surface area (Å²) in [6, 6.07) is 0. The average Bonchev–Trinajstić information content (AvgIpc) is 2.74. The molecule has 2 aliphatic heterocycles. The predicted octanol–water partition coefficient (Wildman–Crippen LogP) is 0.0482. The molecule has 2 saturated heterocycles. The lowest BCUT2D eigenvalue weighted by atomic mass is 10.2. The van der Waals surface area contributed by atoms with Crippen LogP contribution in [-0.4, -0.2) is 76.9 Å². The molecule has 0 aliphatic carbocycles. The second-order valence-electron chi connectivity index (χ2n) is 6.28. The van der Waals surface area contributed by atoms with Gasteiger partial charge >= 0.3 is 0 Å². The fourth-order valence-electron chi connectivity index (χ4n) is 2.98. The van der Waals surface area contributed by atoms with Crippen LogP contribution in [0.4, 0.5) is 26.6 Å². The van der Waals surface area contributed by atoms with Crippen molar-refractivity contribution in [2.45, 2.75) is 6.43 Å². The van der Waals surface area contributed by atoms with E-state index in [0.29, 0.717) is 32.9 Å². The highest BCUT2D eigenvalue weighted by molar-refractivity contribution is 5.93. The van der Waals surface area contributed by atoms with Crippen LogP contribution in [0.25, 0.3) is 11.4 Å². The van der Waals surface area contributed by atoms with Gasteiger partial charge in [-0.05, 0) is 0 Å². The number of hydrogen-bond donors (Lipinski definition) is 1. The number of ether oxygens (including phenoxy) is 2. The smallest absolute Gasteiger partial charge is 0.281 e. The molecule has 4 heterocycles. The number of morpholine rings is 2. The first-order valence-electron chi connectivity index (χ1n) is 8.91. The molecule has 2 aromatic heterocycles. The molecule has 0 saturated carbocycles. The zero-order valence-corrected chi connectivity index (χ0v) is 15.3. The monoisotopic (exact) mass is 408 g/mol. The zero-order chi connectivity index (χ0) is 20.4. The number of nitrogens with two attached hydrogens (primary N) is 1. The summed E-state index contributed by atoms with van der Waals surface area (Å²) in [5, 5.41) is 0. The molecule has 2 aliphatic rings. The fraction of sp³-hybridized carbons (Fsp3) is 0.500. The summed E-state index contributed by atoms with van der Waals surface area (Å²) >= 11 is 0. The first-order chi connectivity index (χ1) is 14.0. The van der Waals surface area contributed by atoms with E-state index in [1.54, 1.807) is 0 Å². The molecule has 0 unspecified atom stereocenters. The largest absolute Gasteiger partial charge is 0.378 e. The summed E-state index contributed by atoms with van der Waals surface area (Å²) in [6.07, 6.45) is -1.76. The summed E-state index contributed by atoms with van der Waals surface area (Å²) in [6.45, 7) is 2.42. The Balaban J connectivity index is 1.82. The lowest BCUT2D eigenvalue weighted by molar-refractivity contribution is -0.125. The van der Waals surface area contributed by atoms with Crippen molar-refractivity contribution in [3.63, 3.8) is 0 Å². The van der Waals surface area contributed by atoms with Crippen molar-refractivity contribution < 1.29 is 23.0 Å². The molecule has 2 aromatic rings. The lowest BCUT2D eigenvalue weighted by Crippen LogP contribution is -2.43. The van der Waals surface area contributed by atoms with Gasteiger partial charge in [-0.25, -0.2) is 18.7 Å². The molecular formula is C16H18F2N8O3. The molecule has 2 N–H and O–H groups in total. The molecular weight excluding hydrogens is 390 g/mol. The Hall–Kier alpha value is -3.06. The molecule has 0 atom stereocenters. The number of hydrogen-bond acceptors (Lipinski definition) is 10. The van der Waals surface area contributed by atoms with Gasteiger partial charge in [-0.1, -0.05) is 0 Å². The number of aromatic nitrogens is 5. The molecule has 0 spiro atoms. The highest BCUT2D eigenvalue weighted by atomic mass is 19.3. The summed E-state index contributed by atoms with van der Waals surface area (Å²) in [5.74, 6) is -0.364. The number of nitrogens with zero attached hydrogens (tertiary/aromatic N) is 7. The third-order valence-corrected chi connectivity index (χ3v) is 4.42. The van der Waals surface area contributed by atoms with Crippen molar-refractivity contribution in [3.8, 4) is 11.4 Å². The Kier molecular flexibility index (Phi) is 5.40. The van der Waals surface area contributed by atoms with Crippen molar-refractivity contribution in [1.29, 1.82) is 0 Å². The fourth-order valence-corrected chi connectivity index (χ4v) is 2.98. The molecule has 2 fully saturated rings. The van der Waals surface area contributed by atoms with Gasteiger partial charge in [-0.15, -0.1) is 0 Å². The van der Waals surface area contributed by atoms with E-state index in [1.807, 2.05) is 4.90 Å². The van der Waals surface area contributed by atoms with Crippen molar-refractivity contribution in [2.75, 3.05) is 61.6 Å². The number of halogens is 2. The standard InChI is InChI=1S/C16H18F2N8O3/c17-12(18)11-9(7-20-14(19)21-11)13-22-15(25-1-4-28-5-2-25)24-16(23-13)26-3-6-29-8-10(26)27/h7,12H,1-6,8H2,(H2,19,20,21). The van der Waals surface area contributed by atoms with Crippen LogP contribution < -0.4 is 15.5 Å². The number of carbonyl (C=O) groups excluding carboxylic acids is 1. The molecule has 0 radical (unpaired) electrons. The first kappa shape index (κ1) is 19.3. The quantitative estimate of drug-likeness (QED) is 0.740. The van der Waals surface area contributed by atoms with Gasteiger partial charge in [-0.3, -0.25) is 9.69 Å². The summed E-state index contributed by atoms with van der Waals surface area (Å²) in [7, 11) is 0. The predicted molar refractivity (Wildman–Crippen MR) is 96.4 cm³/mol. The van der Waals surface area contributed by atoms with E-state index in [9.17, 15) is 13.6 Å². The van der Waals surface area contributed by atoms with Gasteiger partial charge in [0.05, 0.1) is 31.9 Å². The maximum absolute atomic E-state index is 13.5. The minimum atomic E-state index is -2.91. The topological polar surface area (TPSA) is 132 Å². The number of amides is 1. The van der Waals surface area contributed by atoms with Crippen molar-refractivity contribution in [2.24, 2.45) is 0 Å². The van der Waals surface area contributed by atoms with Crippen LogP contribution in [0, 0.1) is 0 Å². The first-order valence-corrected chi connectivity index (χ1v) is 8.91. The van der Waals surface area contributed by atoms with Gasteiger partial charge in [0.25, 0.3) is 12.3 Å². The van der Waals surface area contributed by atoms with Gasteiger partial charge in [0.1, 0.15) is 12.3 Å². The van der Waals surface area contributed by atoms with Gasteiger partial charge < -0.3 is 20.1 Å². The average molecular weight is 408 g/mol.